The predicted molar refractivity (Wildman–Crippen MR) is 194 cm³/mol. The summed E-state index contributed by atoms with van der Waals surface area (Å²) in [6, 6.07) is 7.83. The number of likely N-dealkylation sites (N-methyl/N-ethyl adjacent to an activating group) is 1. The molecule has 13 nitrogen and oxygen atoms in total. The fourth-order valence-corrected chi connectivity index (χ4v) is 8.66. The molecule has 2 saturated heterocycles. The van der Waals surface area contributed by atoms with Gasteiger partial charge in [-0.25, -0.2) is 9.78 Å². The van der Waals surface area contributed by atoms with Crippen LogP contribution >= 0.6 is 0 Å². The van der Waals surface area contributed by atoms with Crippen molar-refractivity contribution in [2.24, 2.45) is 0 Å². The smallest absolute Gasteiger partial charge is 0.415 e. The van der Waals surface area contributed by atoms with Crippen LogP contribution in [0, 0.1) is 0 Å². The van der Waals surface area contributed by atoms with Gasteiger partial charge in [-0.05, 0) is 94.1 Å². The van der Waals surface area contributed by atoms with E-state index in [4.69, 9.17) is 14.5 Å². The summed E-state index contributed by atoms with van der Waals surface area (Å²) in [5, 5.41) is 6.17. The molecule has 52 heavy (non-hydrogen) atoms. The second kappa shape index (κ2) is 14.8. The number of carbonyl (C=O) groups excluding carboxylic acids is 4. The van der Waals surface area contributed by atoms with Gasteiger partial charge >= 0.3 is 12.1 Å². The van der Waals surface area contributed by atoms with Crippen LogP contribution in [0.4, 0.5) is 4.79 Å². The van der Waals surface area contributed by atoms with Crippen molar-refractivity contribution in [3.05, 3.63) is 56.9 Å². The van der Waals surface area contributed by atoms with Crippen molar-refractivity contribution in [2.75, 3.05) is 46.3 Å². The Labute approximate surface area is 303 Å². The van der Waals surface area contributed by atoms with E-state index in [0.717, 1.165) is 42.4 Å². The molecule has 0 aliphatic carbocycles. The van der Waals surface area contributed by atoms with Crippen molar-refractivity contribution >= 4 is 34.7 Å². The van der Waals surface area contributed by atoms with Gasteiger partial charge in [0, 0.05) is 36.5 Å². The number of pyridine rings is 2. The summed E-state index contributed by atoms with van der Waals surface area (Å²) in [6.45, 7) is 7.44. The van der Waals surface area contributed by atoms with Gasteiger partial charge in [0.2, 0.25) is 5.91 Å². The van der Waals surface area contributed by atoms with Crippen molar-refractivity contribution in [3.63, 3.8) is 0 Å². The van der Waals surface area contributed by atoms with E-state index in [-0.39, 0.29) is 55.9 Å². The van der Waals surface area contributed by atoms with Crippen molar-refractivity contribution in [1.29, 1.82) is 0 Å². The first-order valence-electron chi connectivity index (χ1n) is 18.7. The van der Waals surface area contributed by atoms with Crippen LogP contribution in [0.5, 0.6) is 5.75 Å². The number of fused-ring (bicyclic) bond motifs is 5. The lowest BCUT2D eigenvalue weighted by atomic mass is 9.71. The number of piperidine rings is 2. The molecule has 2 aromatic heterocycles. The average Bonchev–Trinajstić information content (AvgIpc) is 3.53. The van der Waals surface area contributed by atoms with E-state index in [2.05, 4.69) is 15.5 Å². The van der Waals surface area contributed by atoms with Crippen LogP contribution < -0.4 is 20.9 Å². The van der Waals surface area contributed by atoms with Gasteiger partial charge in [0.25, 0.3) is 5.56 Å². The largest absolute Gasteiger partial charge is 0.460 e. The van der Waals surface area contributed by atoms with Crippen LogP contribution in [0.25, 0.3) is 22.3 Å². The highest BCUT2D eigenvalue weighted by molar-refractivity contribution is 5.95. The maximum absolute atomic E-state index is 14.1. The van der Waals surface area contributed by atoms with Gasteiger partial charge in [0.15, 0.2) is 5.78 Å². The van der Waals surface area contributed by atoms with E-state index in [0.29, 0.717) is 65.9 Å². The summed E-state index contributed by atoms with van der Waals surface area (Å²) in [5.41, 5.74) is 3.01. The number of cyclic esters (lactones) is 1. The van der Waals surface area contributed by atoms with Crippen LogP contribution in [0.15, 0.2) is 29.1 Å². The summed E-state index contributed by atoms with van der Waals surface area (Å²) in [6.07, 6.45) is 6.05. The first-order valence-corrected chi connectivity index (χ1v) is 18.7. The van der Waals surface area contributed by atoms with Gasteiger partial charge in [-0.15, -0.1) is 0 Å². The number of likely N-dealkylation sites (tertiary alicyclic amines) is 2. The van der Waals surface area contributed by atoms with Crippen LogP contribution in [-0.2, 0) is 44.1 Å². The molecule has 1 aromatic carbocycles. The minimum atomic E-state index is -1.37. The molecular weight excluding hydrogens is 664 g/mol. The Morgan fingerprint density at radius 1 is 1.00 bits per heavy atom. The molecule has 0 radical (unpaired) electrons. The van der Waals surface area contributed by atoms with Crippen molar-refractivity contribution < 1.29 is 28.7 Å². The molecule has 4 aliphatic rings. The SMILES string of the molecule is CCc1c2c(nc3ccc(OC(=O)N4CCC(N5CCCCC5)CC4)cc13)-c1cc3c(c(=O)n1C2)COC(=O)[C@@]3(CC)CC(=O)CNC(=O)CNC. The molecular formula is C39H48N6O7. The maximum Gasteiger partial charge on any atom is 0.415 e. The number of ketones is 1. The van der Waals surface area contributed by atoms with Crippen LogP contribution in [0.2, 0.25) is 0 Å². The lowest BCUT2D eigenvalue weighted by Crippen LogP contribution is -2.48. The average molecular weight is 713 g/mol. The molecule has 4 aliphatic heterocycles. The van der Waals surface area contributed by atoms with Gasteiger partial charge in [-0.1, -0.05) is 20.3 Å². The molecule has 6 heterocycles. The first-order chi connectivity index (χ1) is 25.2. The molecule has 0 unspecified atom stereocenters. The number of benzene rings is 1. The van der Waals surface area contributed by atoms with Gasteiger partial charge in [0.1, 0.15) is 17.8 Å². The number of aromatic nitrogens is 2. The fraction of sp³-hybridized carbons (Fsp3) is 0.538. The van der Waals surface area contributed by atoms with Gasteiger partial charge in [0.05, 0.1) is 42.1 Å². The van der Waals surface area contributed by atoms with Gasteiger partial charge in [-0.3, -0.25) is 19.2 Å². The number of amides is 2. The van der Waals surface area contributed by atoms with E-state index in [1.165, 1.54) is 19.3 Å². The monoisotopic (exact) mass is 712 g/mol. The third-order valence-corrected chi connectivity index (χ3v) is 11.5. The Morgan fingerprint density at radius 3 is 2.48 bits per heavy atom. The number of hydrogen-bond donors (Lipinski definition) is 2. The molecule has 2 N–H and O–H groups in total. The van der Waals surface area contributed by atoms with E-state index in [9.17, 15) is 24.0 Å². The zero-order chi connectivity index (χ0) is 36.6. The lowest BCUT2D eigenvalue weighted by Gasteiger charge is -2.39. The number of ether oxygens (including phenoxy) is 2. The van der Waals surface area contributed by atoms with Crippen molar-refractivity contribution in [3.8, 4) is 17.1 Å². The standard InChI is InChI=1S/C39H48N6O7/c1-4-27-28-17-26(52-38(50)44-15-11-24(12-16-44)43-13-7-6-8-14-43)9-10-32(28)42-35-29(27)22-45-33(35)18-31-30(36(45)48)23-51-37(49)39(31,5-2)19-25(46)20-41-34(47)21-40-3/h9-10,17-18,24,40H,4-8,11-16,19-23H2,1-3H3,(H,41,47)/t39-/m0/s1. The Kier molecular flexibility index (Phi) is 10.2. The highest BCUT2D eigenvalue weighted by Gasteiger charge is 2.48. The van der Waals surface area contributed by atoms with E-state index in [1.54, 1.807) is 29.5 Å². The third kappa shape index (κ3) is 6.49. The molecule has 0 spiro atoms. The topological polar surface area (TPSA) is 152 Å². The minimum absolute atomic E-state index is 0.0608. The fourth-order valence-electron chi connectivity index (χ4n) is 8.66. The van der Waals surface area contributed by atoms with Crippen LogP contribution in [0.3, 0.4) is 0 Å². The van der Waals surface area contributed by atoms with Crippen molar-refractivity contribution in [2.45, 2.75) is 89.8 Å². The molecule has 276 valence electrons. The zero-order valence-electron chi connectivity index (χ0n) is 30.3. The zero-order valence-corrected chi connectivity index (χ0v) is 30.3. The van der Waals surface area contributed by atoms with E-state index >= 15 is 0 Å². The number of esters is 1. The Balaban J connectivity index is 1.15. The highest BCUT2D eigenvalue weighted by Crippen LogP contribution is 2.43. The first kappa shape index (κ1) is 35.8. The number of nitrogens with zero attached hydrogens (tertiary/aromatic N) is 4. The van der Waals surface area contributed by atoms with Crippen molar-refractivity contribution in [1.82, 2.24) is 30.0 Å². The number of Topliss-reactive ketones (excluding diaryl/α,β-unsaturated/α-hetero) is 1. The number of nitrogens with one attached hydrogen (secondary N) is 2. The summed E-state index contributed by atoms with van der Waals surface area (Å²) in [5.74, 6) is -0.785. The number of hydrogen-bond acceptors (Lipinski definition) is 10. The molecule has 3 aromatic rings. The maximum atomic E-state index is 14.1. The second-order valence-electron chi connectivity index (χ2n) is 14.5. The highest BCUT2D eigenvalue weighted by atomic mass is 16.6. The Bertz CT molecular complexity index is 1980. The Hall–Kier alpha value is -4.62. The van der Waals surface area contributed by atoms with E-state index < -0.39 is 11.4 Å². The molecule has 0 saturated carbocycles. The van der Waals surface area contributed by atoms with Crippen LogP contribution in [0.1, 0.15) is 81.0 Å². The summed E-state index contributed by atoms with van der Waals surface area (Å²) < 4.78 is 13.1. The van der Waals surface area contributed by atoms with Gasteiger partial charge in [-0.2, -0.15) is 0 Å². The molecule has 13 heteroatoms. The van der Waals surface area contributed by atoms with Crippen LogP contribution in [-0.4, -0.2) is 95.5 Å². The molecule has 2 amide bonds. The molecule has 2 fully saturated rings. The lowest BCUT2D eigenvalue weighted by molar-refractivity contribution is -0.156. The number of rotatable bonds is 10. The normalized spacial score (nSPS) is 20.2. The summed E-state index contributed by atoms with van der Waals surface area (Å²) in [7, 11) is 1.63. The third-order valence-electron chi connectivity index (χ3n) is 11.5. The molecule has 0 bridgehead atoms. The number of carbonyl (C=O) groups is 4. The quantitative estimate of drug-likeness (QED) is 0.234. The Morgan fingerprint density at radius 2 is 1.77 bits per heavy atom. The molecule has 1 atom stereocenters. The predicted octanol–water partition coefficient (Wildman–Crippen LogP) is 3.44. The summed E-state index contributed by atoms with van der Waals surface area (Å²) >= 11 is 0. The van der Waals surface area contributed by atoms with Gasteiger partial charge < -0.3 is 34.5 Å². The summed E-state index contributed by atoms with van der Waals surface area (Å²) in [4.78, 5) is 75.4. The minimum Gasteiger partial charge on any atom is -0.460 e. The molecule has 7 rings (SSSR count). The second-order valence-corrected chi connectivity index (χ2v) is 14.5. The van der Waals surface area contributed by atoms with E-state index in [1.807, 2.05) is 25.1 Å². The number of aryl methyl sites for hydroxylation is 1.